The van der Waals surface area contributed by atoms with E-state index in [0.29, 0.717) is 28.8 Å². The first-order valence-corrected chi connectivity index (χ1v) is 13.9. The third kappa shape index (κ3) is 5.27. The smallest absolute Gasteiger partial charge is 0.305 e. The van der Waals surface area contributed by atoms with E-state index in [1.54, 1.807) is 35.5 Å². The zero-order valence-corrected chi connectivity index (χ0v) is 21.6. The summed E-state index contributed by atoms with van der Waals surface area (Å²) >= 11 is 6.03. The van der Waals surface area contributed by atoms with E-state index in [9.17, 15) is 23.1 Å². The molecule has 2 aliphatic rings. The quantitative estimate of drug-likeness (QED) is 0.488. The highest BCUT2D eigenvalue weighted by molar-refractivity contribution is 7.89. The van der Waals surface area contributed by atoms with Crippen LogP contribution in [-0.2, 0) is 19.6 Å². The number of amides is 1. The van der Waals surface area contributed by atoms with Gasteiger partial charge < -0.3 is 15.0 Å². The fourth-order valence-corrected chi connectivity index (χ4v) is 6.85. The average Bonchev–Trinajstić information content (AvgIpc) is 3.33. The minimum atomic E-state index is -3.93. The van der Waals surface area contributed by atoms with Crippen molar-refractivity contribution in [2.24, 2.45) is 5.92 Å². The number of nitrogens with zero attached hydrogens (tertiary/aromatic N) is 3. The van der Waals surface area contributed by atoms with E-state index in [2.05, 4.69) is 16.0 Å². The molecule has 1 aromatic carbocycles. The molecular weight excluding hydrogens is 516 g/mol. The Morgan fingerprint density at radius 1 is 1.14 bits per heavy atom. The number of carbonyl (C=O) groups excluding carboxylic acids is 1. The van der Waals surface area contributed by atoms with Crippen LogP contribution in [0, 0.1) is 5.92 Å². The molecule has 2 aromatic heterocycles. The number of carboxylic acid groups (broad SMARTS) is 1. The Morgan fingerprint density at radius 3 is 2.62 bits per heavy atom. The number of carboxylic acids is 1. The minimum absolute atomic E-state index is 0.0136. The fourth-order valence-electron chi connectivity index (χ4n) is 5.19. The van der Waals surface area contributed by atoms with Crippen LogP contribution in [-0.4, -0.2) is 70.3 Å². The molecule has 1 saturated heterocycles. The summed E-state index contributed by atoms with van der Waals surface area (Å²) in [5, 5.41) is 10.7. The zero-order valence-electron chi connectivity index (χ0n) is 20.0. The molecule has 2 unspecified atom stereocenters. The van der Waals surface area contributed by atoms with Crippen LogP contribution < -0.4 is 0 Å². The Labute approximate surface area is 219 Å². The molecule has 1 amide bonds. The number of benzene rings is 1. The summed E-state index contributed by atoms with van der Waals surface area (Å²) in [7, 11) is -3.93. The lowest BCUT2D eigenvalue weighted by Gasteiger charge is -2.41. The Bertz CT molecular complexity index is 1470. The predicted molar refractivity (Wildman–Crippen MR) is 139 cm³/mol. The number of sulfonamides is 1. The molecule has 3 heterocycles. The van der Waals surface area contributed by atoms with Crippen molar-refractivity contribution in [3.05, 3.63) is 65.5 Å². The van der Waals surface area contributed by atoms with Crippen LogP contribution in [0.5, 0.6) is 0 Å². The van der Waals surface area contributed by atoms with Crippen molar-refractivity contribution < 1.29 is 23.1 Å². The molecule has 11 heteroatoms. The Balaban J connectivity index is 1.32. The van der Waals surface area contributed by atoms with Gasteiger partial charge in [-0.2, -0.15) is 4.31 Å². The number of carbonyl (C=O) groups is 2. The van der Waals surface area contributed by atoms with Gasteiger partial charge in [0.05, 0.1) is 12.5 Å². The third-order valence-corrected chi connectivity index (χ3v) is 9.15. The normalized spacial score (nSPS) is 21.1. The van der Waals surface area contributed by atoms with Crippen LogP contribution in [0.1, 0.15) is 31.2 Å². The van der Waals surface area contributed by atoms with E-state index in [0.717, 1.165) is 12.0 Å². The number of piperazine rings is 1. The molecule has 194 valence electrons. The van der Waals surface area contributed by atoms with Crippen LogP contribution in [0.4, 0.5) is 0 Å². The highest BCUT2D eigenvalue weighted by Crippen LogP contribution is 2.33. The summed E-state index contributed by atoms with van der Waals surface area (Å²) in [6.45, 7) is 0.145. The highest BCUT2D eigenvalue weighted by Gasteiger charge is 2.39. The zero-order chi connectivity index (χ0) is 26.2. The number of H-pyrrole nitrogens is 1. The summed E-state index contributed by atoms with van der Waals surface area (Å²) in [6, 6.07) is 9.71. The van der Waals surface area contributed by atoms with Gasteiger partial charge >= 0.3 is 5.97 Å². The van der Waals surface area contributed by atoms with Crippen molar-refractivity contribution in [2.75, 3.05) is 19.6 Å². The molecule has 1 fully saturated rings. The van der Waals surface area contributed by atoms with Crippen molar-refractivity contribution in [2.45, 2.75) is 36.8 Å². The predicted octanol–water partition coefficient (Wildman–Crippen LogP) is 3.78. The van der Waals surface area contributed by atoms with Gasteiger partial charge in [0.25, 0.3) is 10.0 Å². The first-order valence-electron chi connectivity index (χ1n) is 12.1. The number of aliphatic carboxylic acids is 1. The maximum absolute atomic E-state index is 13.5. The van der Waals surface area contributed by atoms with Gasteiger partial charge in [0, 0.05) is 53.9 Å². The molecule has 37 heavy (non-hydrogen) atoms. The van der Waals surface area contributed by atoms with Gasteiger partial charge in [-0.3, -0.25) is 14.6 Å². The number of fused-ring (bicyclic) bond motifs is 1. The van der Waals surface area contributed by atoms with Crippen molar-refractivity contribution in [1.29, 1.82) is 0 Å². The van der Waals surface area contributed by atoms with Crippen LogP contribution in [0.25, 0.3) is 16.5 Å². The Morgan fingerprint density at radius 2 is 1.92 bits per heavy atom. The van der Waals surface area contributed by atoms with Crippen molar-refractivity contribution >= 4 is 50.0 Å². The number of aromatic amines is 1. The van der Waals surface area contributed by atoms with Gasteiger partial charge in [-0.1, -0.05) is 17.7 Å². The number of hydrogen-bond acceptors (Lipinski definition) is 5. The van der Waals surface area contributed by atoms with Crippen molar-refractivity contribution in [3.63, 3.8) is 0 Å². The standard InChI is InChI=1S/C26H27ClN4O5S/c27-21-5-6-23-20(13-21)14-24(29-23)37(35,36)30-11-12-31(22(16-30)15-25(32)33)26(34)19-3-1-17(2-4-19)18-7-9-28-10-8-18/h1,5-10,13-14,19,22,29H,2-4,11-12,15-16H2,(H,32,33). The molecule has 0 saturated carbocycles. The van der Waals surface area contributed by atoms with Crippen LogP contribution >= 0.6 is 11.6 Å². The van der Waals surface area contributed by atoms with Crippen LogP contribution in [0.2, 0.25) is 5.02 Å². The second kappa shape index (κ2) is 10.3. The lowest BCUT2D eigenvalue weighted by molar-refractivity contribution is -0.144. The van der Waals surface area contributed by atoms with Gasteiger partial charge in [0.1, 0.15) is 5.03 Å². The van der Waals surface area contributed by atoms with Crippen molar-refractivity contribution in [3.8, 4) is 0 Å². The summed E-state index contributed by atoms with van der Waals surface area (Å²) in [6.07, 6.45) is 7.17. The molecule has 1 aliphatic carbocycles. The highest BCUT2D eigenvalue weighted by atomic mass is 35.5. The first kappa shape index (κ1) is 25.4. The molecule has 2 atom stereocenters. The number of pyridine rings is 1. The van der Waals surface area contributed by atoms with E-state index < -0.39 is 22.0 Å². The van der Waals surface area contributed by atoms with E-state index >= 15 is 0 Å². The molecule has 2 N–H and O–H groups in total. The summed E-state index contributed by atoms with van der Waals surface area (Å²) in [5.41, 5.74) is 2.89. The van der Waals surface area contributed by atoms with Crippen LogP contribution in [0.15, 0.2) is 59.9 Å². The largest absolute Gasteiger partial charge is 0.481 e. The van der Waals surface area contributed by atoms with E-state index in [1.165, 1.54) is 15.9 Å². The lowest BCUT2D eigenvalue weighted by atomic mass is 9.85. The molecular formula is C26H27ClN4O5S. The fraction of sp³-hybridized carbons (Fsp3) is 0.346. The molecule has 1 aliphatic heterocycles. The Kier molecular flexibility index (Phi) is 7.06. The number of nitrogens with one attached hydrogen (secondary N) is 1. The summed E-state index contributed by atoms with van der Waals surface area (Å²) < 4.78 is 28.1. The maximum Gasteiger partial charge on any atom is 0.305 e. The number of allylic oxidation sites excluding steroid dienone is 2. The number of rotatable bonds is 6. The summed E-state index contributed by atoms with van der Waals surface area (Å²) in [4.78, 5) is 33.7. The van der Waals surface area contributed by atoms with E-state index in [4.69, 9.17) is 11.6 Å². The summed E-state index contributed by atoms with van der Waals surface area (Å²) in [5.74, 6) is -1.46. The SMILES string of the molecule is O=C(O)CC1CN(S(=O)(=O)c2cc3cc(Cl)ccc3[nH]2)CCN1C(=O)C1CC=C(c2ccncc2)CC1. The molecule has 0 radical (unpaired) electrons. The second-order valence-corrected chi connectivity index (χ2v) is 11.8. The lowest BCUT2D eigenvalue weighted by Crippen LogP contribution is -2.58. The monoisotopic (exact) mass is 542 g/mol. The second-order valence-electron chi connectivity index (χ2n) is 9.45. The molecule has 3 aromatic rings. The Hall–Kier alpha value is -3.21. The minimum Gasteiger partial charge on any atom is -0.481 e. The van der Waals surface area contributed by atoms with Crippen LogP contribution in [0.3, 0.4) is 0 Å². The number of halogens is 1. The van der Waals surface area contributed by atoms with Gasteiger partial charge in [-0.05, 0) is 66.8 Å². The molecule has 0 spiro atoms. The third-order valence-electron chi connectivity index (χ3n) is 7.13. The average molecular weight is 543 g/mol. The topological polar surface area (TPSA) is 124 Å². The number of hydrogen-bond donors (Lipinski definition) is 2. The maximum atomic E-state index is 13.5. The molecule has 9 nitrogen and oxygen atoms in total. The molecule has 5 rings (SSSR count). The first-order chi connectivity index (χ1) is 17.7. The molecule has 0 bridgehead atoms. The van der Waals surface area contributed by atoms with Gasteiger partial charge in [-0.25, -0.2) is 8.42 Å². The van der Waals surface area contributed by atoms with Gasteiger partial charge in [0.15, 0.2) is 0 Å². The van der Waals surface area contributed by atoms with Gasteiger partial charge in [0.2, 0.25) is 5.91 Å². The van der Waals surface area contributed by atoms with E-state index in [-0.39, 0.29) is 42.9 Å². The van der Waals surface area contributed by atoms with Gasteiger partial charge in [-0.15, -0.1) is 0 Å². The van der Waals surface area contributed by atoms with E-state index in [1.807, 2.05) is 12.1 Å². The van der Waals surface area contributed by atoms with Crippen molar-refractivity contribution in [1.82, 2.24) is 19.2 Å². The number of aromatic nitrogens is 2.